The Bertz CT molecular complexity index is 1090. The molecule has 0 bridgehead atoms. The molecule has 1 saturated heterocycles. The third kappa shape index (κ3) is 6.89. The smallest absolute Gasteiger partial charge is 0.232 e. The number of nitrogens with zero attached hydrogens (tertiary/aromatic N) is 2. The molecule has 34 heavy (non-hydrogen) atoms. The number of piperidine rings is 1. The number of carbonyl (C=O) groups is 1. The minimum atomic E-state index is -3.50. The lowest BCUT2D eigenvalue weighted by molar-refractivity contribution is -0.121. The number of sulfonamides is 1. The average Bonchev–Trinajstić information content (AvgIpc) is 2.78. The molecule has 2 aromatic rings. The van der Waals surface area contributed by atoms with Crippen molar-refractivity contribution >= 4 is 38.9 Å². The summed E-state index contributed by atoms with van der Waals surface area (Å²) in [6.45, 7) is 8.45. The van der Waals surface area contributed by atoms with E-state index in [4.69, 9.17) is 11.6 Å². The van der Waals surface area contributed by atoms with Crippen molar-refractivity contribution in [1.82, 2.24) is 5.32 Å². The van der Waals surface area contributed by atoms with Crippen LogP contribution in [0.2, 0.25) is 5.02 Å². The van der Waals surface area contributed by atoms with Gasteiger partial charge in [-0.15, -0.1) is 0 Å². The second-order valence-electron chi connectivity index (χ2n) is 9.40. The van der Waals surface area contributed by atoms with Gasteiger partial charge in [-0.25, -0.2) is 8.42 Å². The molecule has 1 N–H and O–H groups in total. The van der Waals surface area contributed by atoms with Gasteiger partial charge < -0.3 is 10.2 Å². The third-order valence-electron chi connectivity index (χ3n) is 6.47. The van der Waals surface area contributed by atoms with E-state index in [1.54, 1.807) is 25.1 Å². The van der Waals surface area contributed by atoms with E-state index >= 15 is 0 Å². The normalized spacial score (nSPS) is 17.3. The Kier molecular flexibility index (Phi) is 8.88. The van der Waals surface area contributed by atoms with Gasteiger partial charge in [-0.3, -0.25) is 9.10 Å². The second kappa shape index (κ2) is 11.5. The van der Waals surface area contributed by atoms with Crippen molar-refractivity contribution in [1.29, 1.82) is 0 Å². The summed E-state index contributed by atoms with van der Waals surface area (Å²) in [6, 6.07) is 13.5. The van der Waals surface area contributed by atoms with Crippen LogP contribution in [-0.2, 0) is 14.8 Å². The van der Waals surface area contributed by atoms with E-state index in [2.05, 4.69) is 41.4 Å². The molecule has 0 radical (unpaired) electrons. The second-order valence-corrected chi connectivity index (χ2v) is 11.7. The van der Waals surface area contributed by atoms with Gasteiger partial charge in [0.1, 0.15) is 0 Å². The molecule has 6 nitrogen and oxygen atoms in total. The first-order chi connectivity index (χ1) is 16.1. The van der Waals surface area contributed by atoms with Crippen LogP contribution >= 0.6 is 11.6 Å². The quantitative estimate of drug-likeness (QED) is 0.501. The molecule has 2 aromatic carbocycles. The fraction of sp³-hybridized carbons (Fsp3) is 0.500. The Morgan fingerprint density at radius 3 is 2.59 bits per heavy atom. The average molecular weight is 506 g/mol. The lowest BCUT2D eigenvalue weighted by Gasteiger charge is -2.33. The van der Waals surface area contributed by atoms with Gasteiger partial charge in [-0.05, 0) is 74.4 Å². The molecule has 0 saturated carbocycles. The highest BCUT2D eigenvalue weighted by Gasteiger charge is 2.21. The van der Waals surface area contributed by atoms with Crippen LogP contribution in [0.4, 0.5) is 11.4 Å². The molecule has 1 heterocycles. The maximum Gasteiger partial charge on any atom is 0.232 e. The van der Waals surface area contributed by atoms with Crippen molar-refractivity contribution < 1.29 is 13.2 Å². The topological polar surface area (TPSA) is 69.7 Å². The first kappa shape index (κ1) is 26.4. The first-order valence-electron chi connectivity index (χ1n) is 11.9. The standard InChI is InChI=1S/C26H36ClN3O3S/c1-19-8-6-16-29(18-19)23-14-12-22(13-15-23)21(3)28-26(31)11-7-17-30(34(4,32)33)25-10-5-9-24(27)20(25)2/h5,9-10,12-15,19,21H,6-8,11,16-18H2,1-4H3,(H,28,31)/t19-,21-/m0/s1. The Balaban J connectivity index is 1.54. The summed E-state index contributed by atoms with van der Waals surface area (Å²) >= 11 is 6.18. The molecule has 1 aliphatic rings. The molecule has 1 fully saturated rings. The van der Waals surface area contributed by atoms with E-state index < -0.39 is 10.0 Å². The largest absolute Gasteiger partial charge is 0.371 e. The maximum absolute atomic E-state index is 12.6. The number of amides is 1. The van der Waals surface area contributed by atoms with Crippen LogP contribution in [0, 0.1) is 12.8 Å². The summed E-state index contributed by atoms with van der Waals surface area (Å²) in [4.78, 5) is 15.0. The van der Waals surface area contributed by atoms with Gasteiger partial charge in [-0.2, -0.15) is 0 Å². The number of anilines is 2. The molecule has 3 rings (SSSR count). The van der Waals surface area contributed by atoms with Crippen LogP contribution in [0.25, 0.3) is 0 Å². The highest BCUT2D eigenvalue weighted by atomic mass is 35.5. The van der Waals surface area contributed by atoms with E-state index in [0.29, 0.717) is 28.6 Å². The number of benzene rings is 2. The molecular weight excluding hydrogens is 470 g/mol. The first-order valence-corrected chi connectivity index (χ1v) is 14.2. The van der Waals surface area contributed by atoms with Crippen LogP contribution in [0.3, 0.4) is 0 Å². The fourth-order valence-electron chi connectivity index (χ4n) is 4.51. The van der Waals surface area contributed by atoms with Crippen molar-refractivity contribution in [2.45, 2.75) is 52.5 Å². The van der Waals surface area contributed by atoms with Crippen LogP contribution in [0.1, 0.15) is 56.7 Å². The van der Waals surface area contributed by atoms with Crippen molar-refractivity contribution in [2.75, 3.05) is 35.1 Å². The molecular formula is C26H36ClN3O3S. The zero-order valence-corrected chi connectivity index (χ0v) is 22.1. The molecule has 1 amide bonds. The van der Waals surface area contributed by atoms with Gasteiger partial charge in [0, 0.05) is 36.8 Å². The van der Waals surface area contributed by atoms with Gasteiger partial charge in [-0.1, -0.05) is 36.7 Å². The molecule has 0 aromatic heterocycles. The number of nitrogens with one attached hydrogen (secondary N) is 1. The summed E-state index contributed by atoms with van der Waals surface area (Å²) in [5.74, 6) is 0.616. The molecule has 8 heteroatoms. The van der Waals surface area contributed by atoms with Gasteiger partial charge in [0.15, 0.2) is 0 Å². The Morgan fingerprint density at radius 1 is 1.24 bits per heavy atom. The molecule has 0 aliphatic carbocycles. The molecule has 2 atom stereocenters. The highest BCUT2D eigenvalue weighted by Crippen LogP contribution is 2.29. The van der Waals surface area contributed by atoms with E-state index in [9.17, 15) is 13.2 Å². The maximum atomic E-state index is 12.6. The molecule has 186 valence electrons. The fourth-order valence-corrected chi connectivity index (χ4v) is 5.69. The summed E-state index contributed by atoms with van der Waals surface area (Å²) in [5, 5.41) is 3.55. The predicted octanol–water partition coefficient (Wildman–Crippen LogP) is 5.31. The van der Waals surface area contributed by atoms with Crippen LogP contribution in [0.15, 0.2) is 42.5 Å². The van der Waals surface area contributed by atoms with Crippen molar-refractivity contribution in [3.63, 3.8) is 0 Å². The lowest BCUT2D eigenvalue weighted by atomic mass is 9.99. The molecule has 1 aliphatic heterocycles. The summed E-state index contributed by atoms with van der Waals surface area (Å²) < 4.78 is 26.1. The van der Waals surface area contributed by atoms with Crippen LogP contribution in [0.5, 0.6) is 0 Å². The Hall–Kier alpha value is -2.25. The summed E-state index contributed by atoms with van der Waals surface area (Å²) in [5.41, 5.74) is 3.53. The summed E-state index contributed by atoms with van der Waals surface area (Å²) in [7, 11) is -3.50. The SMILES string of the molecule is Cc1c(Cl)cccc1N(CCCC(=O)N[C@@H](C)c1ccc(N2CCC[C@H](C)C2)cc1)S(C)(=O)=O. The van der Waals surface area contributed by atoms with E-state index in [-0.39, 0.29) is 24.9 Å². The number of halogens is 1. The zero-order valence-electron chi connectivity index (χ0n) is 20.6. The number of rotatable bonds is 9. The van der Waals surface area contributed by atoms with E-state index in [0.717, 1.165) is 18.7 Å². The van der Waals surface area contributed by atoms with Gasteiger partial charge in [0.25, 0.3) is 0 Å². The third-order valence-corrected chi connectivity index (χ3v) is 8.06. The van der Waals surface area contributed by atoms with E-state index in [1.807, 2.05) is 6.92 Å². The number of carbonyl (C=O) groups excluding carboxylic acids is 1. The summed E-state index contributed by atoms with van der Waals surface area (Å²) in [6.07, 6.45) is 4.33. The van der Waals surface area contributed by atoms with Crippen molar-refractivity contribution in [3.8, 4) is 0 Å². The van der Waals surface area contributed by atoms with Crippen molar-refractivity contribution in [2.24, 2.45) is 5.92 Å². The lowest BCUT2D eigenvalue weighted by Crippen LogP contribution is -2.34. The monoisotopic (exact) mass is 505 g/mol. The minimum Gasteiger partial charge on any atom is -0.371 e. The van der Waals surface area contributed by atoms with Crippen LogP contribution < -0.4 is 14.5 Å². The number of hydrogen-bond donors (Lipinski definition) is 1. The Morgan fingerprint density at radius 2 is 1.94 bits per heavy atom. The molecule has 0 unspecified atom stereocenters. The molecule has 0 spiro atoms. The van der Waals surface area contributed by atoms with E-state index in [1.165, 1.54) is 29.1 Å². The van der Waals surface area contributed by atoms with Gasteiger partial charge >= 0.3 is 0 Å². The number of hydrogen-bond acceptors (Lipinski definition) is 4. The minimum absolute atomic E-state index is 0.0994. The zero-order chi connectivity index (χ0) is 24.9. The highest BCUT2D eigenvalue weighted by molar-refractivity contribution is 7.92. The van der Waals surface area contributed by atoms with Gasteiger partial charge in [0.2, 0.25) is 15.9 Å². The Labute approximate surface area is 209 Å². The van der Waals surface area contributed by atoms with Gasteiger partial charge in [0.05, 0.1) is 18.0 Å². The predicted molar refractivity (Wildman–Crippen MR) is 141 cm³/mol. The van der Waals surface area contributed by atoms with Crippen molar-refractivity contribution in [3.05, 3.63) is 58.6 Å². The van der Waals surface area contributed by atoms with Crippen LogP contribution in [-0.4, -0.2) is 40.2 Å².